The first kappa shape index (κ1) is 12.3. The van der Waals surface area contributed by atoms with Crippen LogP contribution in [0, 0.1) is 0 Å². The molecule has 0 unspecified atom stereocenters. The van der Waals surface area contributed by atoms with E-state index in [1.54, 1.807) is 17.2 Å². The van der Waals surface area contributed by atoms with Gasteiger partial charge in [0, 0.05) is 13.0 Å². The Morgan fingerprint density at radius 2 is 2.33 bits per heavy atom. The molecule has 6 nitrogen and oxygen atoms in total. The summed E-state index contributed by atoms with van der Waals surface area (Å²) in [6, 6.07) is 3.64. The molecule has 0 saturated carbocycles. The molecular formula is C12H16N4O2. The van der Waals surface area contributed by atoms with Crippen molar-refractivity contribution in [2.45, 2.75) is 26.8 Å². The number of hydrogen-bond acceptors (Lipinski definition) is 4. The predicted molar refractivity (Wildman–Crippen MR) is 64.9 cm³/mol. The second-order valence-electron chi connectivity index (χ2n) is 3.86. The van der Waals surface area contributed by atoms with Crippen molar-refractivity contribution in [1.82, 2.24) is 20.1 Å². The summed E-state index contributed by atoms with van der Waals surface area (Å²) in [5, 5.41) is 6.67. The van der Waals surface area contributed by atoms with Crippen molar-refractivity contribution in [1.29, 1.82) is 0 Å². The quantitative estimate of drug-likeness (QED) is 0.872. The van der Waals surface area contributed by atoms with E-state index in [9.17, 15) is 4.79 Å². The summed E-state index contributed by atoms with van der Waals surface area (Å²) in [5.41, 5.74) is 0. The molecule has 2 rings (SSSR count). The van der Waals surface area contributed by atoms with Gasteiger partial charge >= 0.3 is 0 Å². The Labute approximate surface area is 105 Å². The number of aryl methyl sites for hydroxylation is 1. The van der Waals surface area contributed by atoms with Gasteiger partial charge in [-0.3, -0.25) is 9.89 Å². The van der Waals surface area contributed by atoms with Crippen LogP contribution in [0.4, 0.5) is 0 Å². The van der Waals surface area contributed by atoms with Crippen LogP contribution < -0.4 is 0 Å². The van der Waals surface area contributed by atoms with Crippen molar-refractivity contribution in [3.8, 4) is 0 Å². The lowest BCUT2D eigenvalue weighted by molar-refractivity contribution is 0.0729. The van der Waals surface area contributed by atoms with Crippen molar-refractivity contribution < 1.29 is 9.21 Å². The highest BCUT2D eigenvalue weighted by Gasteiger charge is 2.19. The van der Waals surface area contributed by atoms with Gasteiger partial charge in [-0.25, -0.2) is 4.98 Å². The van der Waals surface area contributed by atoms with Crippen LogP contribution in [-0.2, 0) is 13.0 Å². The summed E-state index contributed by atoms with van der Waals surface area (Å²) in [6.07, 6.45) is 2.32. The Hall–Kier alpha value is -2.11. The monoisotopic (exact) mass is 248 g/mol. The molecule has 0 saturated heterocycles. The van der Waals surface area contributed by atoms with Crippen molar-refractivity contribution >= 4 is 5.91 Å². The molecule has 0 fully saturated rings. The normalized spacial score (nSPS) is 10.6. The first-order valence-corrected chi connectivity index (χ1v) is 5.97. The highest BCUT2D eigenvalue weighted by atomic mass is 16.3. The summed E-state index contributed by atoms with van der Waals surface area (Å²) < 4.78 is 5.24. The molecule has 0 atom stereocenters. The number of carbonyl (C=O) groups excluding carboxylic acids is 1. The van der Waals surface area contributed by atoms with Gasteiger partial charge in [0.2, 0.25) is 5.82 Å². The summed E-state index contributed by atoms with van der Waals surface area (Å²) in [6.45, 7) is 4.87. The van der Waals surface area contributed by atoms with Gasteiger partial charge in [0.05, 0.1) is 12.8 Å². The Balaban J connectivity index is 2.09. The number of amides is 1. The Morgan fingerprint density at radius 1 is 1.50 bits per heavy atom. The second kappa shape index (κ2) is 5.48. The molecule has 1 N–H and O–H groups in total. The van der Waals surface area contributed by atoms with Gasteiger partial charge in [-0.2, -0.15) is 0 Å². The Bertz CT molecular complexity index is 504. The lowest BCUT2D eigenvalue weighted by atomic mass is 10.3. The van der Waals surface area contributed by atoms with Crippen molar-refractivity contribution in [3.05, 3.63) is 35.8 Å². The third-order valence-corrected chi connectivity index (χ3v) is 2.65. The molecule has 96 valence electrons. The molecule has 0 spiro atoms. The van der Waals surface area contributed by atoms with Crippen molar-refractivity contribution in [3.63, 3.8) is 0 Å². The highest BCUT2D eigenvalue weighted by Crippen LogP contribution is 2.08. The van der Waals surface area contributed by atoms with Crippen molar-refractivity contribution in [2.75, 3.05) is 6.54 Å². The van der Waals surface area contributed by atoms with Crippen LogP contribution >= 0.6 is 0 Å². The van der Waals surface area contributed by atoms with Crippen LogP contribution in [0.25, 0.3) is 0 Å². The summed E-state index contributed by atoms with van der Waals surface area (Å²) in [5.74, 6) is 1.48. The van der Waals surface area contributed by atoms with E-state index in [0.29, 0.717) is 18.9 Å². The highest BCUT2D eigenvalue weighted by molar-refractivity contribution is 5.90. The fraction of sp³-hybridized carbons (Fsp3) is 0.417. The van der Waals surface area contributed by atoms with Crippen LogP contribution in [0.5, 0.6) is 0 Å². The lowest BCUT2D eigenvalue weighted by Gasteiger charge is -2.17. The summed E-state index contributed by atoms with van der Waals surface area (Å²) in [4.78, 5) is 17.9. The summed E-state index contributed by atoms with van der Waals surface area (Å²) in [7, 11) is 0. The van der Waals surface area contributed by atoms with E-state index in [2.05, 4.69) is 15.2 Å². The van der Waals surface area contributed by atoms with Crippen LogP contribution in [0.1, 0.15) is 36.1 Å². The number of aromatic amines is 1. The average molecular weight is 248 g/mol. The molecule has 0 aromatic carbocycles. The van der Waals surface area contributed by atoms with Crippen LogP contribution in [0.2, 0.25) is 0 Å². The molecule has 0 aliphatic carbocycles. The van der Waals surface area contributed by atoms with Gasteiger partial charge in [-0.1, -0.05) is 6.92 Å². The Kier molecular flexibility index (Phi) is 3.76. The third kappa shape index (κ3) is 2.58. The third-order valence-electron chi connectivity index (χ3n) is 2.65. The van der Waals surface area contributed by atoms with E-state index in [1.807, 2.05) is 19.9 Å². The standard InChI is InChI=1S/C12H16N4O2/c1-3-10-13-11(15-14-10)12(17)16(4-2)8-9-6-5-7-18-9/h5-7H,3-4,8H2,1-2H3,(H,13,14,15). The molecular weight excluding hydrogens is 232 g/mol. The first-order chi connectivity index (χ1) is 8.74. The molecule has 2 aromatic heterocycles. The second-order valence-corrected chi connectivity index (χ2v) is 3.86. The minimum atomic E-state index is -0.190. The van der Waals surface area contributed by atoms with Gasteiger partial charge in [0.25, 0.3) is 5.91 Å². The van der Waals surface area contributed by atoms with Gasteiger partial charge in [-0.05, 0) is 19.1 Å². The molecule has 2 heterocycles. The zero-order valence-corrected chi connectivity index (χ0v) is 10.5. The predicted octanol–water partition coefficient (Wildman–Crippen LogP) is 1.62. The number of rotatable bonds is 5. The zero-order chi connectivity index (χ0) is 13.0. The zero-order valence-electron chi connectivity index (χ0n) is 10.5. The maximum atomic E-state index is 12.2. The molecule has 0 aliphatic heterocycles. The lowest BCUT2D eigenvalue weighted by Crippen LogP contribution is -2.31. The number of carbonyl (C=O) groups is 1. The largest absolute Gasteiger partial charge is 0.467 e. The number of H-pyrrole nitrogens is 1. The topological polar surface area (TPSA) is 75.0 Å². The molecule has 1 amide bonds. The van der Waals surface area contributed by atoms with E-state index < -0.39 is 0 Å². The molecule has 0 radical (unpaired) electrons. The van der Waals surface area contributed by atoms with E-state index >= 15 is 0 Å². The van der Waals surface area contributed by atoms with Crippen LogP contribution in [0.3, 0.4) is 0 Å². The van der Waals surface area contributed by atoms with E-state index in [4.69, 9.17) is 4.42 Å². The van der Waals surface area contributed by atoms with Crippen molar-refractivity contribution in [2.24, 2.45) is 0 Å². The van der Waals surface area contributed by atoms with E-state index in [-0.39, 0.29) is 11.7 Å². The van der Waals surface area contributed by atoms with E-state index in [0.717, 1.165) is 12.2 Å². The van der Waals surface area contributed by atoms with Crippen LogP contribution in [0.15, 0.2) is 22.8 Å². The molecule has 18 heavy (non-hydrogen) atoms. The maximum absolute atomic E-state index is 12.2. The molecule has 0 bridgehead atoms. The number of nitrogens with one attached hydrogen (secondary N) is 1. The molecule has 6 heteroatoms. The first-order valence-electron chi connectivity index (χ1n) is 5.97. The van der Waals surface area contributed by atoms with Gasteiger partial charge in [0.15, 0.2) is 0 Å². The fourth-order valence-electron chi connectivity index (χ4n) is 1.61. The summed E-state index contributed by atoms with van der Waals surface area (Å²) >= 11 is 0. The fourth-order valence-corrected chi connectivity index (χ4v) is 1.61. The number of furan rings is 1. The number of nitrogens with zero attached hydrogens (tertiary/aromatic N) is 3. The van der Waals surface area contributed by atoms with Gasteiger partial charge in [-0.15, -0.1) is 5.10 Å². The van der Waals surface area contributed by atoms with E-state index in [1.165, 1.54) is 0 Å². The molecule has 0 aliphatic rings. The Morgan fingerprint density at radius 3 is 2.89 bits per heavy atom. The average Bonchev–Trinajstić information content (AvgIpc) is 3.06. The minimum Gasteiger partial charge on any atom is -0.467 e. The maximum Gasteiger partial charge on any atom is 0.293 e. The molecule has 2 aromatic rings. The van der Waals surface area contributed by atoms with Gasteiger partial charge in [0.1, 0.15) is 11.6 Å². The van der Waals surface area contributed by atoms with Gasteiger partial charge < -0.3 is 9.32 Å². The SMILES string of the molecule is CCc1nc(C(=O)N(CC)Cc2ccco2)n[nH]1. The number of hydrogen-bond donors (Lipinski definition) is 1. The smallest absolute Gasteiger partial charge is 0.293 e. The number of aromatic nitrogens is 3. The minimum absolute atomic E-state index is 0.190. The van der Waals surface area contributed by atoms with Crippen LogP contribution in [-0.4, -0.2) is 32.5 Å².